The minimum absolute atomic E-state index is 0.0843. The van der Waals surface area contributed by atoms with Crippen molar-refractivity contribution in [3.63, 3.8) is 0 Å². The second-order valence-corrected chi connectivity index (χ2v) is 7.58. The molecule has 1 aliphatic heterocycles. The van der Waals surface area contributed by atoms with Crippen LogP contribution in [0.15, 0.2) is 12.1 Å². The van der Waals surface area contributed by atoms with Crippen molar-refractivity contribution >= 4 is 23.4 Å². The van der Waals surface area contributed by atoms with Crippen molar-refractivity contribution in [2.45, 2.75) is 33.6 Å². The minimum atomic E-state index is -0.357. The number of aryl methyl sites for hydroxylation is 3. The molecule has 1 aromatic rings. The van der Waals surface area contributed by atoms with Crippen LogP contribution < -0.4 is 11.1 Å². The second-order valence-electron chi connectivity index (χ2n) is 7.58. The maximum Gasteiger partial charge on any atom is 0.238 e. The van der Waals surface area contributed by atoms with E-state index in [1.807, 2.05) is 32.9 Å². The summed E-state index contributed by atoms with van der Waals surface area (Å²) in [6.07, 6.45) is 1.50. The average molecular weight is 374 g/mol. The van der Waals surface area contributed by atoms with E-state index in [1.165, 1.54) is 0 Å². The van der Waals surface area contributed by atoms with Gasteiger partial charge in [0.25, 0.3) is 0 Å². The third-order valence-corrected chi connectivity index (χ3v) is 4.94. The fourth-order valence-corrected chi connectivity index (χ4v) is 3.62. The number of anilines is 1. The Morgan fingerprint density at radius 2 is 1.81 bits per heavy atom. The predicted octanol–water partition coefficient (Wildman–Crippen LogP) is 1.21. The van der Waals surface area contributed by atoms with E-state index in [4.69, 9.17) is 5.73 Å². The largest absolute Gasteiger partial charge is 0.369 e. The van der Waals surface area contributed by atoms with Crippen LogP contribution in [-0.2, 0) is 14.4 Å². The van der Waals surface area contributed by atoms with Crippen LogP contribution in [0.1, 0.15) is 29.5 Å². The molecule has 0 unspecified atom stereocenters. The van der Waals surface area contributed by atoms with Crippen LogP contribution in [0.5, 0.6) is 0 Å². The van der Waals surface area contributed by atoms with E-state index in [1.54, 1.807) is 16.8 Å². The summed E-state index contributed by atoms with van der Waals surface area (Å²) in [5, 5.41) is 2.94. The highest BCUT2D eigenvalue weighted by molar-refractivity contribution is 5.94. The van der Waals surface area contributed by atoms with Crippen LogP contribution in [0.2, 0.25) is 0 Å². The Bertz CT molecular complexity index is 709. The Balaban J connectivity index is 1.88. The van der Waals surface area contributed by atoms with Gasteiger partial charge in [-0.1, -0.05) is 17.7 Å². The van der Waals surface area contributed by atoms with E-state index in [0.29, 0.717) is 13.1 Å². The molecule has 1 aliphatic rings. The van der Waals surface area contributed by atoms with Gasteiger partial charge in [-0.25, -0.2) is 0 Å². The first kappa shape index (κ1) is 20.9. The van der Waals surface area contributed by atoms with Crippen molar-refractivity contribution < 1.29 is 14.4 Å². The van der Waals surface area contributed by atoms with Crippen LogP contribution in [-0.4, -0.2) is 60.7 Å². The summed E-state index contributed by atoms with van der Waals surface area (Å²) in [5.74, 6) is -0.874. The van der Waals surface area contributed by atoms with Crippen molar-refractivity contribution in [3.05, 3.63) is 28.8 Å². The van der Waals surface area contributed by atoms with E-state index in [0.717, 1.165) is 35.2 Å². The Hall–Kier alpha value is -2.41. The van der Waals surface area contributed by atoms with E-state index < -0.39 is 0 Å². The molecule has 0 spiro atoms. The normalized spacial score (nSPS) is 17.1. The third-order valence-electron chi connectivity index (χ3n) is 4.94. The highest BCUT2D eigenvalue weighted by Gasteiger charge is 2.27. The molecule has 0 saturated carbocycles. The first-order valence-electron chi connectivity index (χ1n) is 9.30. The number of likely N-dealkylation sites (N-methyl/N-ethyl adjacent to an activating group) is 1. The molecule has 0 radical (unpaired) electrons. The first-order chi connectivity index (χ1) is 12.7. The van der Waals surface area contributed by atoms with Crippen molar-refractivity contribution in [2.24, 2.45) is 11.7 Å². The standard InChI is InChI=1S/C20H30N4O3/c1-13-8-14(2)19(15(3)9-13)22-17(25)11-23(4)12-18(26)24-7-5-6-16(10-24)20(21)27/h8-9,16H,5-7,10-12H2,1-4H3,(H2,21,27)(H,22,25)/t16-/m0/s1. The number of hydrogen-bond acceptors (Lipinski definition) is 4. The summed E-state index contributed by atoms with van der Waals surface area (Å²) in [6.45, 7) is 7.20. The number of nitrogens with zero attached hydrogens (tertiary/aromatic N) is 2. The van der Waals surface area contributed by atoms with Crippen molar-refractivity contribution in [1.29, 1.82) is 0 Å². The molecule has 1 fully saturated rings. The summed E-state index contributed by atoms with van der Waals surface area (Å²) in [7, 11) is 1.74. The van der Waals surface area contributed by atoms with Crippen LogP contribution >= 0.6 is 0 Å². The van der Waals surface area contributed by atoms with Gasteiger partial charge in [-0.2, -0.15) is 0 Å². The number of hydrogen-bond donors (Lipinski definition) is 2. The summed E-state index contributed by atoms with van der Waals surface area (Å²) < 4.78 is 0. The molecular weight excluding hydrogens is 344 g/mol. The lowest BCUT2D eigenvalue weighted by Gasteiger charge is -2.32. The molecule has 1 aromatic carbocycles. The molecule has 7 heteroatoms. The maximum absolute atomic E-state index is 12.5. The fraction of sp³-hybridized carbons (Fsp3) is 0.550. The predicted molar refractivity (Wildman–Crippen MR) is 105 cm³/mol. The highest BCUT2D eigenvalue weighted by atomic mass is 16.2. The second kappa shape index (κ2) is 8.99. The third kappa shape index (κ3) is 5.79. The van der Waals surface area contributed by atoms with Crippen LogP contribution in [0.4, 0.5) is 5.69 Å². The molecule has 0 aromatic heterocycles. The zero-order valence-electron chi connectivity index (χ0n) is 16.7. The first-order valence-corrected chi connectivity index (χ1v) is 9.30. The fourth-order valence-electron chi connectivity index (χ4n) is 3.62. The molecule has 3 N–H and O–H groups in total. The number of nitrogens with one attached hydrogen (secondary N) is 1. The number of benzene rings is 1. The summed E-state index contributed by atoms with van der Waals surface area (Å²) >= 11 is 0. The molecule has 27 heavy (non-hydrogen) atoms. The summed E-state index contributed by atoms with van der Waals surface area (Å²) in [4.78, 5) is 39.5. The van der Waals surface area contributed by atoms with Gasteiger partial charge in [0.1, 0.15) is 0 Å². The Kier molecular flexibility index (Phi) is 6.96. The number of nitrogens with two attached hydrogens (primary N) is 1. The summed E-state index contributed by atoms with van der Waals surface area (Å²) in [5.41, 5.74) is 9.38. The van der Waals surface area contributed by atoms with Crippen molar-refractivity contribution in [1.82, 2.24) is 9.80 Å². The Labute approximate surface area is 160 Å². The molecule has 1 atom stereocenters. The SMILES string of the molecule is Cc1cc(C)c(NC(=O)CN(C)CC(=O)N2CCC[C@H](C(N)=O)C2)c(C)c1. The monoisotopic (exact) mass is 374 g/mol. The van der Waals surface area contributed by atoms with Gasteiger partial charge in [-0.3, -0.25) is 19.3 Å². The average Bonchev–Trinajstić information content (AvgIpc) is 2.58. The molecule has 3 amide bonds. The quantitative estimate of drug-likeness (QED) is 0.782. The van der Waals surface area contributed by atoms with Crippen LogP contribution in [0.3, 0.4) is 0 Å². The van der Waals surface area contributed by atoms with Gasteiger partial charge in [-0.05, 0) is 51.8 Å². The molecule has 0 aliphatic carbocycles. The lowest BCUT2D eigenvalue weighted by Crippen LogP contribution is -2.47. The zero-order chi connectivity index (χ0) is 20.1. The highest BCUT2D eigenvalue weighted by Crippen LogP contribution is 2.22. The molecule has 1 saturated heterocycles. The topological polar surface area (TPSA) is 95.7 Å². The molecule has 2 rings (SSSR count). The minimum Gasteiger partial charge on any atom is -0.369 e. The van der Waals surface area contributed by atoms with Gasteiger partial charge in [0.2, 0.25) is 17.7 Å². The maximum atomic E-state index is 12.5. The number of rotatable bonds is 6. The molecule has 7 nitrogen and oxygen atoms in total. The summed E-state index contributed by atoms with van der Waals surface area (Å²) in [6, 6.07) is 4.06. The number of amides is 3. The number of carbonyl (C=O) groups is 3. The van der Waals surface area contributed by atoms with Crippen LogP contribution in [0.25, 0.3) is 0 Å². The van der Waals surface area contributed by atoms with Gasteiger partial charge in [0, 0.05) is 18.8 Å². The lowest BCUT2D eigenvalue weighted by atomic mass is 9.97. The number of primary amides is 1. The smallest absolute Gasteiger partial charge is 0.238 e. The van der Waals surface area contributed by atoms with Crippen molar-refractivity contribution in [2.75, 3.05) is 38.5 Å². The Morgan fingerprint density at radius 1 is 1.19 bits per heavy atom. The van der Waals surface area contributed by atoms with Gasteiger partial charge in [0.05, 0.1) is 19.0 Å². The number of likely N-dealkylation sites (tertiary alicyclic amines) is 1. The zero-order valence-corrected chi connectivity index (χ0v) is 16.7. The van der Waals surface area contributed by atoms with E-state index >= 15 is 0 Å². The molecular formula is C20H30N4O3. The van der Waals surface area contributed by atoms with E-state index in [2.05, 4.69) is 5.32 Å². The number of carbonyl (C=O) groups excluding carboxylic acids is 3. The van der Waals surface area contributed by atoms with Crippen LogP contribution in [0, 0.1) is 26.7 Å². The van der Waals surface area contributed by atoms with E-state index in [9.17, 15) is 14.4 Å². The molecule has 0 bridgehead atoms. The lowest BCUT2D eigenvalue weighted by molar-refractivity contribution is -0.135. The number of piperidine rings is 1. The van der Waals surface area contributed by atoms with Gasteiger partial charge < -0.3 is 16.0 Å². The molecule has 148 valence electrons. The van der Waals surface area contributed by atoms with Gasteiger partial charge in [-0.15, -0.1) is 0 Å². The van der Waals surface area contributed by atoms with Gasteiger partial charge in [0.15, 0.2) is 0 Å². The van der Waals surface area contributed by atoms with Gasteiger partial charge >= 0.3 is 0 Å². The van der Waals surface area contributed by atoms with E-state index in [-0.39, 0.29) is 36.7 Å². The Morgan fingerprint density at radius 3 is 2.41 bits per heavy atom. The molecule has 1 heterocycles. The van der Waals surface area contributed by atoms with Crippen molar-refractivity contribution in [3.8, 4) is 0 Å².